The lowest BCUT2D eigenvalue weighted by molar-refractivity contribution is -0.142. The van der Waals surface area contributed by atoms with Gasteiger partial charge in [-0.1, -0.05) is 18.2 Å². The summed E-state index contributed by atoms with van der Waals surface area (Å²) >= 11 is 0. The van der Waals surface area contributed by atoms with E-state index >= 15 is 0 Å². The maximum absolute atomic E-state index is 12.7. The molecular formula is C21H28N2O2. The third-order valence-electron chi connectivity index (χ3n) is 6.72. The molecule has 134 valence electrons. The first kappa shape index (κ1) is 15.7. The summed E-state index contributed by atoms with van der Waals surface area (Å²) in [6.45, 7) is 4.87. The zero-order valence-electron chi connectivity index (χ0n) is 15.0. The highest BCUT2D eigenvalue weighted by Crippen LogP contribution is 2.48. The van der Waals surface area contributed by atoms with Crippen LogP contribution in [0, 0.1) is 5.92 Å². The molecule has 4 nitrogen and oxygen atoms in total. The number of likely N-dealkylation sites (tertiary alicyclic amines) is 1. The summed E-state index contributed by atoms with van der Waals surface area (Å²) in [6, 6.07) is 9.00. The van der Waals surface area contributed by atoms with Crippen LogP contribution in [-0.2, 0) is 14.9 Å². The Morgan fingerprint density at radius 2 is 1.96 bits per heavy atom. The molecule has 2 saturated heterocycles. The van der Waals surface area contributed by atoms with E-state index in [0.717, 1.165) is 57.8 Å². The summed E-state index contributed by atoms with van der Waals surface area (Å²) in [5.41, 5.74) is 3.23. The lowest BCUT2D eigenvalue weighted by Gasteiger charge is -2.40. The van der Waals surface area contributed by atoms with E-state index in [1.807, 2.05) is 0 Å². The van der Waals surface area contributed by atoms with Gasteiger partial charge in [-0.25, -0.2) is 0 Å². The molecule has 5 rings (SSSR count). The zero-order valence-corrected chi connectivity index (χ0v) is 15.0. The number of piperidine rings is 1. The van der Waals surface area contributed by atoms with Crippen molar-refractivity contribution in [3.8, 4) is 0 Å². The monoisotopic (exact) mass is 340 g/mol. The summed E-state index contributed by atoms with van der Waals surface area (Å²) < 4.78 is 5.61. The van der Waals surface area contributed by atoms with Crippen LogP contribution >= 0.6 is 0 Å². The van der Waals surface area contributed by atoms with Crippen LogP contribution < -0.4 is 4.90 Å². The molecule has 1 atom stereocenters. The van der Waals surface area contributed by atoms with E-state index < -0.39 is 0 Å². The number of hydrogen-bond acceptors (Lipinski definition) is 3. The fraction of sp³-hybridized carbons (Fsp3) is 0.667. The van der Waals surface area contributed by atoms with Crippen molar-refractivity contribution in [1.29, 1.82) is 0 Å². The van der Waals surface area contributed by atoms with Crippen LogP contribution in [0.15, 0.2) is 24.3 Å². The number of anilines is 1. The van der Waals surface area contributed by atoms with Gasteiger partial charge in [0.15, 0.2) is 0 Å². The molecule has 3 fully saturated rings. The Balaban J connectivity index is 1.32. The van der Waals surface area contributed by atoms with E-state index in [-0.39, 0.29) is 17.4 Å². The molecule has 1 aromatic carbocycles. The first-order valence-electron chi connectivity index (χ1n) is 10.0. The van der Waals surface area contributed by atoms with E-state index in [2.05, 4.69) is 34.1 Å². The summed E-state index contributed by atoms with van der Waals surface area (Å²) in [5.74, 6) is 1.14. The van der Waals surface area contributed by atoms with Gasteiger partial charge >= 0.3 is 0 Å². The van der Waals surface area contributed by atoms with Gasteiger partial charge in [-0.15, -0.1) is 0 Å². The molecule has 0 radical (unpaired) electrons. The second kappa shape index (κ2) is 6.01. The highest BCUT2D eigenvalue weighted by Gasteiger charge is 2.46. The topological polar surface area (TPSA) is 32.8 Å². The van der Waals surface area contributed by atoms with Crippen LogP contribution in [0.25, 0.3) is 0 Å². The molecule has 0 unspecified atom stereocenters. The Labute approximate surface area is 150 Å². The van der Waals surface area contributed by atoms with Gasteiger partial charge in [0.1, 0.15) is 6.10 Å². The van der Waals surface area contributed by atoms with Gasteiger partial charge in [0.2, 0.25) is 0 Å². The molecule has 0 bridgehead atoms. The molecule has 1 aromatic rings. The fourth-order valence-electron chi connectivity index (χ4n) is 5.07. The standard InChI is InChI=1S/C21H28N2O2/c24-20(19-6-3-13-25-19)22-11-9-21(10-12-22)15-23(14-16-7-8-16)18-5-2-1-4-17(18)21/h1-2,4-5,16,19H,3,6-15H2/t19-/m0/s1. The predicted molar refractivity (Wildman–Crippen MR) is 97.8 cm³/mol. The number of amides is 1. The predicted octanol–water partition coefficient (Wildman–Crippen LogP) is 2.96. The Bertz CT molecular complexity index is 656. The Kier molecular flexibility index (Phi) is 3.77. The third-order valence-corrected chi connectivity index (χ3v) is 6.72. The molecule has 1 aliphatic carbocycles. The Morgan fingerprint density at radius 1 is 1.16 bits per heavy atom. The number of rotatable bonds is 3. The van der Waals surface area contributed by atoms with E-state index in [4.69, 9.17) is 4.74 Å². The Morgan fingerprint density at radius 3 is 2.68 bits per heavy atom. The van der Waals surface area contributed by atoms with Crippen molar-refractivity contribution in [3.63, 3.8) is 0 Å². The van der Waals surface area contributed by atoms with Gasteiger partial charge < -0.3 is 14.5 Å². The van der Waals surface area contributed by atoms with Crippen molar-refractivity contribution in [3.05, 3.63) is 29.8 Å². The quantitative estimate of drug-likeness (QED) is 0.848. The highest BCUT2D eigenvalue weighted by molar-refractivity contribution is 5.81. The first-order valence-corrected chi connectivity index (χ1v) is 10.0. The van der Waals surface area contributed by atoms with E-state index in [9.17, 15) is 4.79 Å². The molecule has 0 aromatic heterocycles. The molecule has 1 amide bonds. The Hall–Kier alpha value is -1.55. The minimum absolute atomic E-state index is 0.170. The zero-order chi connectivity index (χ0) is 16.9. The van der Waals surface area contributed by atoms with E-state index in [1.165, 1.54) is 30.6 Å². The molecule has 4 aliphatic rings. The maximum Gasteiger partial charge on any atom is 0.251 e. The number of para-hydroxylation sites is 1. The molecule has 25 heavy (non-hydrogen) atoms. The molecule has 1 spiro atoms. The van der Waals surface area contributed by atoms with Gasteiger partial charge in [-0.05, 0) is 56.1 Å². The SMILES string of the molecule is O=C([C@@H]1CCCO1)N1CCC2(CC1)CN(CC1CC1)c1ccccc12. The number of carbonyl (C=O) groups excluding carboxylic acids is 1. The van der Waals surface area contributed by atoms with Gasteiger partial charge in [0.25, 0.3) is 5.91 Å². The largest absolute Gasteiger partial charge is 0.370 e. The van der Waals surface area contributed by atoms with E-state index in [0.29, 0.717) is 0 Å². The minimum Gasteiger partial charge on any atom is -0.370 e. The van der Waals surface area contributed by atoms with Crippen LogP contribution in [0.4, 0.5) is 5.69 Å². The number of hydrogen-bond donors (Lipinski definition) is 0. The summed E-state index contributed by atoms with van der Waals surface area (Å²) in [7, 11) is 0. The maximum atomic E-state index is 12.7. The smallest absolute Gasteiger partial charge is 0.251 e. The van der Waals surface area contributed by atoms with Crippen molar-refractivity contribution in [1.82, 2.24) is 4.90 Å². The lowest BCUT2D eigenvalue weighted by Crippen LogP contribution is -2.49. The molecule has 3 heterocycles. The van der Waals surface area contributed by atoms with Crippen molar-refractivity contribution >= 4 is 11.6 Å². The number of benzene rings is 1. The third kappa shape index (κ3) is 2.75. The van der Waals surface area contributed by atoms with Crippen molar-refractivity contribution < 1.29 is 9.53 Å². The molecular weight excluding hydrogens is 312 g/mol. The lowest BCUT2D eigenvalue weighted by atomic mass is 9.74. The number of ether oxygens (including phenoxy) is 1. The summed E-state index contributed by atoms with van der Waals surface area (Å²) in [4.78, 5) is 17.4. The highest BCUT2D eigenvalue weighted by atomic mass is 16.5. The van der Waals surface area contributed by atoms with Crippen molar-refractivity contribution in [2.24, 2.45) is 5.92 Å². The van der Waals surface area contributed by atoms with Crippen LogP contribution in [0.5, 0.6) is 0 Å². The number of nitrogens with zero attached hydrogens (tertiary/aromatic N) is 2. The minimum atomic E-state index is -0.170. The molecule has 1 saturated carbocycles. The number of carbonyl (C=O) groups is 1. The van der Waals surface area contributed by atoms with Crippen LogP contribution in [-0.4, -0.2) is 49.7 Å². The summed E-state index contributed by atoms with van der Waals surface area (Å²) in [6.07, 6.45) is 6.73. The molecule has 4 heteroatoms. The molecule has 3 aliphatic heterocycles. The van der Waals surface area contributed by atoms with Gasteiger partial charge in [0.05, 0.1) is 0 Å². The second-order valence-electron chi connectivity index (χ2n) is 8.45. The van der Waals surface area contributed by atoms with Crippen LogP contribution in [0.1, 0.15) is 44.1 Å². The average Bonchev–Trinajstić information content (AvgIpc) is 3.19. The van der Waals surface area contributed by atoms with E-state index in [1.54, 1.807) is 0 Å². The van der Waals surface area contributed by atoms with Crippen molar-refractivity contribution in [2.45, 2.75) is 50.0 Å². The fourth-order valence-corrected chi connectivity index (χ4v) is 5.07. The van der Waals surface area contributed by atoms with Crippen molar-refractivity contribution in [2.75, 3.05) is 37.7 Å². The number of fused-ring (bicyclic) bond motifs is 2. The molecule has 0 N–H and O–H groups in total. The van der Waals surface area contributed by atoms with Crippen LogP contribution in [0.3, 0.4) is 0 Å². The normalized spacial score (nSPS) is 27.8. The van der Waals surface area contributed by atoms with Crippen LogP contribution in [0.2, 0.25) is 0 Å². The average molecular weight is 340 g/mol. The second-order valence-corrected chi connectivity index (χ2v) is 8.45. The van der Waals surface area contributed by atoms with Gasteiger partial charge in [-0.2, -0.15) is 0 Å². The summed E-state index contributed by atoms with van der Waals surface area (Å²) in [5, 5.41) is 0. The first-order chi connectivity index (χ1) is 12.3. The van der Waals surface area contributed by atoms with Gasteiger partial charge in [0, 0.05) is 43.9 Å². The van der Waals surface area contributed by atoms with Gasteiger partial charge in [-0.3, -0.25) is 4.79 Å².